The zero-order valence-corrected chi connectivity index (χ0v) is 6.15. The summed E-state index contributed by atoms with van der Waals surface area (Å²) in [5, 5.41) is 0. The topological polar surface area (TPSA) is 26.0 Å². The normalized spacial score (nSPS) is 35.6. The summed E-state index contributed by atoms with van der Waals surface area (Å²) in [6, 6.07) is -0.251. The fourth-order valence-electron chi connectivity index (χ4n) is 1.30. The van der Waals surface area contributed by atoms with Gasteiger partial charge in [0.1, 0.15) is 6.17 Å². The molecule has 0 aliphatic heterocycles. The number of alkyl halides is 1. The molecule has 58 valence electrons. The molecule has 0 saturated heterocycles. The summed E-state index contributed by atoms with van der Waals surface area (Å²) in [5.74, 6) is 0. The van der Waals surface area contributed by atoms with Crippen LogP contribution in [0.4, 0.5) is 4.39 Å². The van der Waals surface area contributed by atoms with Gasteiger partial charge in [-0.2, -0.15) is 0 Å². The molecule has 2 atom stereocenters. The first-order valence-corrected chi connectivity index (χ1v) is 3.76. The van der Waals surface area contributed by atoms with Gasteiger partial charge in [0.2, 0.25) is 0 Å². The van der Waals surface area contributed by atoms with E-state index in [0.29, 0.717) is 6.42 Å². The largest absolute Gasteiger partial charge is 0.325 e. The standard InChI is InChI=1S/C8H14FN/c1-6-3-2-4-8(10)7(9)5-6/h7-8H,1-5,10H2. The minimum absolute atomic E-state index is 0.251. The lowest BCUT2D eigenvalue weighted by molar-refractivity contribution is 0.279. The minimum Gasteiger partial charge on any atom is -0.325 e. The average Bonchev–Trinajstić information content (AvgIpc) is 1.96. The number of hydrogen-bond donors (Lipinski definition) is 1. The number of nitrogens with two attached hydrogens (primary N) is 1. The Kier molecular flexibility index (Phi) is 2.44. The van der Waals surface area contributed by atoms with Crippen LogP contribution in [0.25, 0.3) is 0 Å². The van der Waals surface area contributed by atoms with Crippen molar-refractivity contribution in [2.75, 3.05) is 0 Å². The Morgan fingerprint density at radius 3 is 3.00 bits per heavy atom. The fraction of sp³-hybridized carbons (Fsp3) is 0.750. The highest BCUT2D eigenvalue weighted by Crippen LogP contribution is 2.22. The molecule has 1 saturated carbocycles. The van der Waals surface area contributed by atoms with Crippen LogP contribution in [0.2, 0.25) is 0 Å². The molecular formula is C8H14FN. The maximum absolute atomic E-state index is 12.9. The van der Waals surface area contributed by atoms with Crippen LogP contribution >= 0.6 is 0 Å². The van der Waals surface area contributed by atoms with Crippen LogP contribution in [0.1, 0.15) is 25.7 Å². The van der Waals surface area contributed by atoms with Crippen LogP contribution in [0.15, 0.2) is 12.2 Å². The van der Waals surface area contributed by atoms with Crippen molar-refractivity contribution in [1.29, 1.82) is 0 Å². The third kappa shape index (κ3) is 1.81. The van der Waals surface area contributed by atoms with Crippen LogP contribution in [0, 0.1) is 0 Å². The van der Waals surface area contributed by atoms with Crippen LogP contribution in [-0.4, -0.2) is 12.2 Å². The molecule has 0 heterocycles. The van der Waals surface area contributed by atoms with Crippen molar-refractivity contribution >= 4 is 0 Å². The molecule has 2 heteroatoms. The molecular weight excluding hydrogens is 129 g/mol. The third-order valence-corrected chi connectivity index (χ3v) is 2.02. The summed E-state index contributed by atoms with van der Waals surface area (Å²) in [6.07, 6.45) is 2.38. The van der Waals surface area contributed by atoms with Crippen molar-refractivity contribution in [3.05, 3.63) is 12.2 Å². The maximum Gasteiger partial charge on any atom is 0.119 e. The summed E-state index contributed by atoms with van der Waals surface area (Å²) in [7, 11) is 0. The lowest BCUT2D eigenvalue weighted by atomic mass is 10.1. The molecule has 0 aromatic carbocycles. The van der Waals surface area contributed by atoms with E-state index >= 15 is 0 Å². The van der Waals surface area contributed by atoms with E-state index in [1.165, 1.54) is 0 Å². The Balaban J connectivity index is 2.49. The van der Waals surface area contributed by atoms with Gasteiger partial charge in [-0.15, -0.1) is 0 Å². The van der Waals surface area contributed by atoms with Crippen molar-refractivity contribution in [2.45, 2.75) is 37.9 Å². The molecule has 0 bridgehead atoms. The van der Waals surface area contributed by atoms with Gasteiger partial charge in [0.05, 0.1) is 0 Å². The summed E-state index contributed by atoms with van der Waals surface area (Å²) >= 11 is 0. The van der Waals surface area contributed by atoms with Gasteiger partial charge in [-0.1, -0.05) is 12.2 Å². The van der Waals surface area contributed by atoms with E-state index < -0.39 is 6.17 Å². The van der Waals surface area contributed by atoms with Crippen molar-refractivity contribution in [3.63, 3.8) is 0 Å². The molecule has 1 aliphatic carbocycles. The number of hydrogen-bond acceptors (Lipinski definition) is 1. The predicted octanol–water partition coefficient (Wildman–Crippen LogP) is 1.78. The van der Waals surface area contributed by atoms with E-state index in [9.17, 15) is 4.39 Å². The molecule has 0 radical (unpaired) electrons. The molecule has 0 aromatic heterocycles. The second-order valence-corrected chi connectivity index (χ2v) is 3.03. The van der Waals surface area contributed by atoms with Crippen molar-refractivity contribution in [2.24, 2.45) is 5.73 Å². The van der Waals surface area contributed by atoms with E-state index in [1.807, 2.05) is 0 Å². The fourth-order valence-corrected chi connectivity index (χ4v) is 1.30. The summed E-state index contributed by atoms with van der Waals surface area (Å²) in [6.45, 7) is 3.76. The van der Waals surface area contributed by atoms with Gasteiger partial charge in [-0.25, -0.2) is 4.39 Å². The highest BCUT2D eigenvalue weighted by atomic mass is 19.1. The quantitative estimate of drug-likeness (QED) is 0.406. The summed E-state index contributed by atoms with van der Waals surface area (Å²) in [4.78, 5) is 0. The lowest BCUT2D eigenvalue weighted by Gasteiger charge is -2.11. The molecule has 0 amide bonds. The molecule has 2 N–H and O–H groups in total. The molecule has 1 rings (SSSR count). The maximum atomic E-state index is 12.9. The van der Waals surface area contributed by atoms with E-state index in [2.05, 4.69) is 6.58 Å². The molecule has 1 aliphatic rings. The van der Waals surface area contributed by atoms with Gasteiger partial charge in [-0.3, -0.25) is 0 Å². The van der Waals surface area contributed by atoms with Gasteiger partial charge < -0.3 is 5.73 Å². The second kappa shape index (κ2) is 3.15. The number of allylic oxidation sites excluding steroid dienone is 1. The third-order valence-electron chi connectivity index (χ3n) is 2.02. The Hall–Kier alpha value is -0.370. The molecule has 0 aromatic rings. The monoisotopic (exact) mass is 143 g/mol. The second-order valence-electron chi connectivity index (χ2n) is 3.03. The van der Waals surface area contributed by atoms with Crippen LogP contribution < -0.4 is 5.73 Å². The van der Waals surface area contributed by atoms with Crippen LogP contribution in [0.3, 0.4) is 0 Å². The van der Waals surface area contributed by atoms with E-state index in [1.54, 1.807) is 0 Å². The minimum atomic E-state index is -0.852. The van der Waals surface area contributed by atoms with Crippen LogP contribution in [0.5, 0.6) is 0 Å². The Morgan fingerprint density at radius 1 is 1.60 bits per heavy atom. The van der Waals surface area contributed by atoms with Gasteiger partial charge >= 0.3 is 0 Å². The summed E-state index contributed by atoms with van der Waals surface area (Å²) in [5.41, 5.74) is 6.54. The number of rotatable bonds is 0. The van der Waals surface area contributed by atoms with E-state index in [0.717, 1.165) is 24.8 Å². The van der Waals surface area contributed by atoms with Gasteiger partial charge in [0, 0.05) is 12.5 Å². The van der Waals surface area contributed by atoms with E-state index in [-0.39, 0.29) is 6.04 Å². The van der Waals surface area contributed by atoms with E-state index in [4.69, 9.17) is 5.73 Å². The van der Waals surface area contributed by atoms with Crippen LogP contribution in [-0.2, 0) is 0 Å². The molecule has 10 heavy (non-hydrogen) atoms. The zero-order chi connectivity index (χ0) is 7.56. The Morgan fingerprint density at radius 2 is 2.30 bits per heavy atom. The Labute approximate surface area is 61.1 Å². The number of halogens is 1. The average molecular weight is 143 g/mol. The van der Waals surface area contributed by atoms with Gasteiger partial charge in [-0.05, 0) is 19.3 Å². The first-order valence-electron chi connectivity index (χ1n) is 3.76. The molecule has 2 unspecified atom stereocenters. The van der Waals surface area contributed by atoms with Crippen molar-refractivity contribution < 1.29 is 4.39 Å². The predicted molar refractivity (Wildman–Crippen MR) is 40.5 cm³/mol. The zero-order valence-electron chi connectivity index (χ0n) is 6.15. The molecule has 1 fully saturated rings. The first kappa shape index (κ1) is 7.73. The van der Waals surface area contributed by atoms with Gasteiger partial charge in [0.25, 0.3) is 0 Å². The van der Waals surface area contributed by atoms with Gasteiger partial charge in [0.15, 0.2) is 0 Å². The highest BCUT2D eigenvalue weighted by molar-refractivity contribution is 5.00. The SMILES string of the molecule is C=C1CCCC(N)C(F)C1. The molecule has 0 spiro atoms. The first-order chi connectivity index (χ1) is 4.70. The molecule has 1 nitrogen and oxygen atoms in total. The smallest absolute Gasteiger partial charge is 0.119 e. The summed E-state index contributed by atoms with van der Waals surface area (Å²) < 4.78 is 12.9. The highest BCUT2D eigenvalue weighted by Gasteiger charge is 2.20. The van der Waals surface area contributed by atoms with Crippen molar-refractivity contribution in [1.82, 2.24) is 0 Å². The lowest BCUT2D eigenvalue weighted by Crippen LogP contribution is -2.30. The van der Waals surface area contributed by atoms with Crippen molar-refractivity contribution in [3.8, 4) is 0 Å². The Bertz CT molecular complexity index is 133.